The summed E-state index contributed by atoms with van der Waals surface area (Å²) in [6.07, 6.45) is 1.68. The molecule has 1 aliphatic heterocycles. The van der Waals surface area contributed by atoms with Gasteiger partial charge in [0.15, 0.2) is 0 Å². The molecule has 2 amide bonds. The van der Waals surface area contributed by atoms with Crippen LogP contribution in [0, 0.1) is 0 Å². The number of imide groups is 1. The van der Waals surface area contributed by atoms with Crippen molar-refractivity contribution in [3.05, 3.63) is 113 Å². The lowest BCUT2D eigenvalue weighted by molar-refractivity contribution is -0.123. The molecule has 1 heterocycles. The number of fused-ring (bicyclic) bond motifs is 1. The zero-order valence-electron chi connectivity index (χ0n) is 19.0. The van der Waals surface area contributed by atoms with Crippen molar-refractivity contribution in [1.82, 2.24) is 4.90 Å². The smallest absolute Gasteiger partial charge is 0.293 e. The van der Waals surface area contributed by atoms with Gasteiger partial charge >= 0.3 is 0 Å². The molecule has 0 aromatic heterocycles. The Bertz CT molecular complexity index is 1540. The third kappa shape index (κ3) is 5.61. The number of amides is 2. The molecular formula is C28H17Br2Cl2NO3S. The van der Waals surface area contributed by atoms with Crippen molar-refractivity contribution in [1.29, 1.82) is 0 Å². The molecule has 0 bridgehead atoms. The lowest BCUT2D eigenvalue weighted by Gasteiger charge is -2.15. The van der Waals surface area contributed by atoms with Crippen LogP contribution in [-0.2, 0) is 17.9 Å². The highest BCUT2D eigenvalue weighted by Crippen LogP contribution is 2.39. The molecule has 0 radical (unpaired) electrons. The Morgan fingerprint density at radius 3 is 2.27 bits per heavy atom. The molecule has 5 rings (SSSR count). The molecule has 186 valence electrons. The fourth-order valence-corrected chi connectivity index (χ4v) is 6.80. The van der Waals surface area contributed by atoms with E-state index in [0.29, 0.717) is 32.9 Å². The van der Waals surface area contributed by atoms with Crippen LogP contribution in [0.4, 0.5) is 4.79 Å². The third-order valence-corrected chi connectivity index (χ3v) is 8.62. The van der Waals surface area contributed by atoms with E-state index in [9.17, 15) is 9.59 Å². The highest BCUT2D eigenvalue weighted by molar-refractivity contribution is 9.11. The molecule has 0 unspecified atom stereocenters. The van der Waals surface area contributed by atoms with Crippen LogP contribution in [0.2, 0.25) is 10.0 Å². The normalized spacial score (nSPS) is 14.7. The number of carbonyl (C=O) groups is 2. The first-order valence-electron chi connectivity index (χ1n) is 11.1. The molecule has 1 aliphatic rings. The molecule has 9 heteroatoms. The van der Waals surface area contributed by atoms with E-state index in [2.05, 4.69) is 50.1 Å². The van der Waals surface area contributed by atoms with Crippen molar-refractivity contribution in [2.45, 2.75) is 13.2 Å². The van der Waals surface area contributed by atoms with Gasteiger partial charge in [-0.15, -0.1) is 0 Å². The van der Waals surface area contributed by atoms with E-state index in [0.717, 1.165) is 47.5 Å². The first-order valence-corrected chi connectivity index (χ1v) is 14.2. The predicted octanol–water partition coefficient (Wildman–Crippen LogP) is 9.49. The van der Waals surface area contributed by atoms with Gasteiger partial charge in [0.2, 0.25) is 0 Å². The maximum Gasteiger partial charge on any atom is 0.293 e. The van der Waals surface area contributed by atoms with E-state index in [1.54, 1.807) is 24.3 Å². The van der Waals surface area contributed by atoms with Gasteiger partial charge in [0.05, 0.1) is 20.4 Å². The summed E-state index contributed by atoms with van der Waals surface area (Å²) in [5.41, 5.74) is 2.35. The van der Waals surface area contributed by atoms with E-state index in [1.807, 2.05) is 36.4 Å². The van der Waals surface area contributed by atoms with Crippen molar-refractivity contribution in [2.24, 2.45) is 0 Å². The number of benzene rings is 4. The number of nitrogens with zero attached hydrogens (tertiary/aromatic N) is 1. The topological polar surface area (TPSA) is 46.6 Å². The van der Waals surface area contributed by atoms with Gasteiger partial charge in [0.25, 0.3) is 11.1 Å². The minimum absolute atomic E-state index is 0.00878. The van der Waals surface area contributed by atoms with Gasteiger partial charge < -0.3 is 4.74 Å². The van der Waals surface area contributed by atoms with Crippen LogP contribution in [0.25, 0.3) is 16.8 Å². The van der Waals surface area contributed by atoms with Crippen molar-refractivity contribution in [2.75, 3.05) is 0 Å². The molecule has 4 aromatic rings. The van der Waals surface area contributed by atoms with Gasteiger partial charge in [0, 0.05) is 15.6 Å². The molecule has 1 saturated heterocycles. The number of ether oxygens (including phenoxy) is 1. The summed E-state index contributed by atoms with van der Waals surface area (Å²) in [5.74, 6) is 0.251. The number of thioether (sulfide) groups is 1. The van der Waals surface area contributed by atoms with Gasteiger partial charge in [-0.2, -0.15) is 0 Å². The molecule has 0 N–H and O–H groups in total. The Morgan fingerprint density at radius 2 is 1.54 bits per heavy atom. The Balaban J connectivity index is 1.35. The predicted molar refractivity (Wildman–Crippen MR) is 158 cm³/mol. The van der Waals surface area contributed by atoms with Crippen molar-refractivity contribution < 1.29 is 14.3 Å². The Kier molecular flexibility index (Phi) is 7.98. The number of hydrogen-bond donors (Lipinski definition) is 0. The second kappa shape index (κ2) is 11.2. The maximum atomic E-state index is 13.0. The van der Waals surface area contributed by atoms with E-state index in [1.165, 1.54) is 0 Å². The number of hydrogen-bond acceptors (Lipinski definition) is 4. The summed E-state index contributed by atoms with van der Waals surface area (Å²) in [5, 5.41) is 2.73. The molecule has 0 atom stereocenters. The Hall–Kier alpha value is -2.29. The zero-order valence-corrected chi connectivity index (χ0v) is 24.5. The molecule has 1 fully saturated rings. The Labute approximate surface area is 244 Å². The molecule has 37 heavy (non-hydrogen) atoms. The first-order chi connectivity index (χ1) is 17.8. The van der Waals surface area contributed by atoms with E-state index < -0.39 is 5.91 Å². The summed E-state index contributed by atoms with van der Waals surface area (Å²) in [6.45, 7) is 0.399. The minimum Gasteiger partial charge on any atom is -0.487 e. The van der Waals surface area contributed by atoms with Crippen molar-refractivity contribution in [3.63, 3.8) is 0 Å². The quantitative estimate of drug-likeness (QED) is 0.191. The number of carbonyl (C=O) groups excluding carboxylic acids is 2. The fourth-order valence-electron chi connectivity index (χ4n) is 4.00. The zero-order chi connectivity index (χ0) is 26.1. The highest BCUT2D eigenvalue weighted by Gasteiger charge is 2.35. The monoisotopic (exact) mass is 675 g/mol. The van der Waals surface area contributed by atoms with Gasteiger partial charge in [0.1, 0.15) is 12.4 Å². The van der Waals surface area contributed by atoms with Gasteiger partial charge in [-0.05, 0) is 95.9 Å². The van der Waals surface area contributed by atoms with Crippen molar-refractivity contribution >= 4 is 94.8 Å². The average molecular weight is 678 g/mol. The summed E-state index contributed by atoms with van der Waals surface area (Å²) in [6, 6.07) is 23.1. The summed E-state index contributed by atoms with van der Waals surface area (Å²) < 4.78 is 7.59. The molecule has 0 aliphatic carbocycles. The summed E-state index contributed by atoms with van der Waals surface area (Å²) >= 11 is 20.5. The molecule has 4 nitrogen and oxygen atoms in total. The van der Waals surface area contributed by atoms with Crippen LogP contribution in [0.1, 0.15) is 16.7 Å². The third-order valence-electron chi connectivity index (χ3n) is 5.82. The van der Waals surface area contributed by atoms with E-state index >= 15 is 0 Å². The first kappa shape index (κ1) is 26.3. The maximum absolute atomic E-state index is 13.0. The minimum atomic E-state index is -0.394. The van der Waals surface area contributed by atoms with Crippen LogP contribution in [-0.4, -0.2) is 16.0 Å². The van der Waals surface area contributed by atoms with Crippen LogP contribution in [0.15, 0.2) is 86.6 Å². The van der Waals surface area contributed by atoms with Crippen molar-refractivity contribution in [3.8, 4) is 5.75 Å². The molecule has 0 saturated carbocycles. The largest absolute Gasteiger partial charge is 0.487 e. The van der Waals surface area contributed by atoms with Crippen LogP contribution >= 0.6 is 66.8 Å². The van der Waals surface area contributed by atoms with E-state index in [-0.39, 0.29) is 11.8 Å². The lowest BCUT2D eigenvalue weighted by Crippen LogP contribution is -2.27. The number of rotatable bonds is 6. The van der Waals surface area contributed by atoms with Gasteiger partial charge in [-0.1, -0.05) is 71.7 Å². The van der Waals surface area contributed by atoms with Gasteiger partial charge in [-0.3, -0.25) is 14.5 Å². The second-order valence-electron chi connectivity index (χ2n) is 8.21. The fraction of sp³-hybridized carbons (Fsp3) is 0.0714. The molecular weight excluding hydrogens is 661 g/mol. The van der Waals surface area contributed by atoms with Crippen LogP contribution < -0.4 is 4.74 Å². The summed E-state index contributed by atoms with van der Waals surface area (Å²) in [4.78, 5) is 27.1. The highest BCUT2D eigenvalue weighted by atomic mass is 79.9. The standard InChI is InChI=1S/C28H17Br2Cl2NO3S/c29-21-11-16(12-22(30)26(21)36-15-18-7-3-6-17-5-1-2-8-19(17)18)13-25-27(34)33(28(35)37-25)14-20-23(31)9-4-10-24(20)32/h1-13H,14-15H2/b25-13-. The second-order valence-corrected chi connectivity index (χ2v) is 11.7. The molecule has 4 aromatic carbocycles. The SMILES string of the molecule is O=C1S/C(=C\c2cc(Br)c(OCc3cccc4ccccc34)c(Br)c2)C(=O)N1Cc1c(Cl)cccc1Cl. The van der Waals surface area contributed by atoms with E-state index in [4.69, 9.17) is 27.9 Å². The lowest BCUT2D eigenvalue weighted by atomic mass is 10.1. The van der Waals surface area contributed by atoms with Crippen LogP contribution in [0.3, 0.4) is 0 Å². The Morgan fingerprint density at radius 1 is 0.892 bits per heavy atom. The summed E-state index contributed by atoms with van der Waals surface area (Å²) in [7, 11) is 0. The van der Waals surface area contributed by atoms with Crippen LogP contribution in [0.5, 0.6) is 5.75 Å². The molecule has 0 spiro atoms. The van der Waals surface area contributed by atoms with Gasteiger partial charge in [-0.25, -0.2) is 0 Å². The number of halogens is 4. The average Bonchev–Trinajstić information content (AvgIpc) is 3.13.